The maximum atomic E-state index is 13.0. The van der Waals surface area contributed by atoms with Crippen molar-refractivity contribution < 1.29 is 13.9 Å². The van der Waals surface area contributed by atoms with Gasteiger partial charge in [-0.25, -0.2) is 4.39 Å². The molecule has 158 valence electrons. The van der Waals surface area contributed by atoms with Crippen LogP contribution in [-0.2, 0) is 22.8 Å². The van der Waals surface area contributed by atoms with Crippen LogP contribution in [0, 0.1) is 5.82 Å². The Labute approximate surface area is 183 Å². The number of nitrogens with one attached hydrogen (secondary N) is 1. The van der Waals surface area contributed by atoms with Crippen molar-refractivity contribution in [3.8, 4) is 5.75 Å². The molecular formula is C21H23FN4O2S2. The summed E-state index contributed by atoms with van der Waals surface area (Å²) >= 11 is 3.05. The monoisotopic (exact) mass is 446 g/mol. The van der Waals surface area contributed by atoms with Crippen molar-refractivity contribution in [2.75, 3.05) is 18.2 Å². The number of rotatable bonds is 10. The van der Waals surface area contributed by atoms with E-state index in [1.165, 1.54) is 23.9 Å². The van der Waals surface area contributed by atoms with E-state index < -0.39 is 0 Å². The maximum Gasteiger partial charge on any atom is 0.234 e. The second-order valence-corrected chi connectivity index (χ2v) is 8.26. The van der Waals surface area contributed by atoms with Crippen molar-refractivity contribution in [1.82, 2.24) is 14.8 Å². The van der Waals surface area contributed by atoms with Crippen LogP contribution in [0.25, 0.3) is 0 Å². The third-order valence-electron chi connectivity index (χ3n) is 4.23. The average Bonchev–Trinajstić information content (AvgIpc) is 3.16. The highest BCUT2D eigenvalue weighted by atomic mass is 32.2. The van der Waals surface area contributed by atoms with Gasteiger partial charge in [-0.1, -0.05) is 23.9 Å². The van der Waals surface area contributed by atoms with Crippen molar-refractivity contribution in [2.45, 2.75) is 30.1 Å². The number of thioether (sulfide) groups is 2. The molecule has 9 heteroatoms. The normalized spacial score (nSPS) is 10.8. The first kappa shape index (κ1) is 22.2. The van der Waals surface area contributed by atoms with Gasteiger partial charge >= 0.3 is 0 Å². The van der Waals surface area contributed by atoms with Crippen LogP contribution in [0.5, 0.6) is 5.75 Å². The Balaban J connectivity index is 1.50. The van der Waals surface area contributed by atoms with E-state index in [-0.39, 0.29) is 17.5 Å². The van der Waals surface area contributed by atoms with Crippen LogP contribution in [0.2, 0.25) is 0 Å². The lowest BCUT2D eigenvalue weighted by molar-refractivity contribution is -0.113. The Bertz CT molecular complexity index is 962. The summed E-state index contributed by atoms with van der Waals surface area (Å²) in [4.78, 5) is 12.2. The second kappa shape index (κ2) is 11.0. The zero-order valence-corrected chi connectivity index (χ0v) is 18.4. The van der Waals surface area contributed by atoms with Crippen LogP contribution >= 0.6 is 23.5 Å². The number of nitrogens with zero attached hydrogens (tertiary/aromatic N) is 3. The number of methoxy groups -OCH3 is 1. The van der Waals surface area contributed by atoms with E-state index in [0.717, 1.165) is 40.3 Å². The first-order valence-corrected chi connectivity index (χ1v) is 11.5. The summed E-state index contributed by atoms with van der Waals surface area (Å²) in [5.41, 5.74) is 1.78. The molecule has 3 rings (SSSR count). The molecule has 6 nitrogen and oxygen atoms in total. The minimum Gasteiger partial charge on any atom is -0.497 e. The zero-order valence-electron chi connectivity index (χ0n) is 16.8. The first-order valence-electron chi connectivity index (χ1n) is 9.40. The summed E-state index contributed by atoms with van der Waals surface area (Å²) in [6, 6.07) is 13.7. The highest BCUT2D eigenvalue weighted by Gasteiger charge is 2.13. The van der Waals surface area contributed by atoms with E-state index in [1.54, 1.807) is 55.3 Å². The van der Waals surface area contributed by atoms with Crippen molar-refractivity contribution in [3.05, 3.63) is 65.7 Å². The molecule has 30 heavy (non-hydrogen) atoms. The number of hydrogen-bond donors (Lipinski definition) is 1. The van der Waals surface area contributed by atoms with Crippen LogP contribution in [-0.4, -0.2) is 33.5 Å². The van der Waals surface area contributed by atoms with Gasteiger partial charge in [0.1, 0.15) is 17.4 Å². The number of hydrogen-bond acceptors (Lipinski definition) is 6. The summed E-state index contributed by atoms with van der Waals surface area (Å²) in [6.45, 7) is 2.75. The van der Waals surface area contributed by atoms with Crippen molar-refractivity contribution >= 4 is 35.1 Å². The van der Waals surface area contributed by atoms with Crippen LogP contribution in [0.4, 0.5) is 10.1 Å². The van der Waals surface area contributed by atoms with Gasteiger partial charge in [0, 0.05) is 18.0 Å². The van der Waals surface area contributed by atoms with Crippen molar-refractivity contribution in [3.63, 3.8) is 0 Å². The number of ether oxygens (including phenoxy) is 1. The molecule has 0 radical (unpaired) electrons. The molecule has 1 amide bonds. The molecule has 0 aliphatic heterocycles. The van der Waals surface area contributed by atoms with Crippen LogP contribution in [0.1, 0.15) is 18.3 Å². The number of carbonyl (C=O) groups is 1. The molecule has 0 unspecified atom stereocenters. The van der Waals surface area contributed by atoms with E-state index in [1.807, 2.05) is 11.5 Å². The standard InChI is InChI=1S/C21H23FN4O2S2/c1-3-26-19(13-29-12-15-4-6-16(22)7-5-15)24-25-21(26)30-14-20(27)23-17-8-10-18(28-2)11-9-17/h4-11H,3,12-14H2,1-2H3,(H,23,27). The summed E-state index contributed by atoms with van der Waals surface area (Å²) in [6.07, 6.45) is 0. The molecular weight excluding hydrogens is 423 g/mol. The predicted octanol–water partition coefficient (Wildman–Crippen LogP) is 4.61. The lowest BCUT2D eigenvalue weighted by atomic mass is 10.2. The lowest BCUT2D eigenvalue weighted by Crippen LogP contribution is -2.14. The fourth-order valence-corrected chi connectivity index (χ4v) is 4.44. The molecule has 0 spiro atoms. The Morgan fingerprint density at radius 3 is 2.50 bits per heavy atom. The number of amides is 1. The molecule has 1 N–H and O–H groups in total. The Morgan fingerprint density at radius 1 is 1.10 bits per heavy atom. The molecule has 3 aromatic rings. The minimum absolute atomic E-state index is 0.108. The van der Waals surface area contributed by atoms with Gasteiger partial charge in [0.2, 0.25) is 5.91 Å². The fourth-order valence-electron chi connectivity index (χ4n) is 2.69. The third-order valence-corrected chi connectivity index (χ3v) is 6.20. The fraction of sp³-hybridized carbons (Fsp3) is 0.286. The smallest absolute Gasteiger partial charge is 0.234 e. The van der Waals surface area contributed by atoms with Gasteiger partial charge in [-0.15, -0.1) is 22.0 Å². The topological polar surface area (TPSA) is 69.0 Å². The molecule has 0 aliphatic carbocycles. The number of halogens is 1. The predicted molar refractivity (Wildman–Crippen MR) is 119 cm³/mol. The Kier molecular flexibility index (Phi) is 8.15. The van der Waals surface area contributed by atoms with E-state index in [2.05, 4.69) is 15.5 Å². The van der Waals surface area contributed by atoms with Gasteiger partial charge in [0.15, 0.2) is 5.16 Å². The highest BCUT2D eigenvalue weighted by Crippen LogP contribution is 2.22. The van der Waals surface area contributed by atoms with Crippen LogP contribution in [0.15, 0.2) is 53.7 Å². The van der Waals surface area contributed by atoms with Crippen molar-refractivity contribution in [2.24, 2.45) is 0 Å². The summed E-state index contributed by atoms with van der Waals surface area (Å²) in [7, 11) is 1.60. The lowest BCUT2D eigenvalue weighted by Gasteiger charge is -2.08. The molecule has 0 bridgehead atoms. The van der Waals surface area contributed by atoms with Gasteiger partial charge in [-0.3, -0.25) is 4.79 Å². The molecule has 2 aromatic carbocycles. The average molecular weight is 447 g/mol. The molecule has 0 saturated heterocycles. The minimum atomic E-state index is -0.229. The summed E-state index contributed by atoms with van der Waals surface area (Å²) in [5, 5.41) is 12.1. The van der Waals surface area contributed by atoms with E-state index in [9.17, 15) is 9.18 Å². The SMILES string of the molecule is CCn1c(CSCc2ccc(F)cc2)nnc1SCC(=O)Nc1ccc(OC)cc1. The second-order valence-electron chi connectivity index (χ2n) is 6.33. The van der Waals surface area contributed by atoms with Gasteiger partial charge in [0.25, 0.3) is 0 Å². The quantitative estimate of drug-likeness (QED) is 0.459. The van der Waals surface area contributed by atoms with Gasteiger partial charge in [0.05, 0.1) is 18.6 Å². The molecule has 0 saturated carbocycles. The molecule has 1 heterocycles. The number of aromatic nitrogens is 3. The van der Waals surface area contributed by atoms with Gasteiger partial charge in [-0.2, -0.15) is 0 Å². The number of anilines is 1. The highest BCUT2D eigenvalue weighted by molar-refractivity contribution is 7.99. The zero-order chi connectivity index (χ0) is 21.3. The number of benzene rings is 2. The van der Waals surface area contributed by atoms with Crippen LogP contribution in [0.3, 0.4) is 0 Å². The number of carbonyl (C=O) groups excluding carboxylic acids is 1. The van der Waals surface area contributed by atoms with Gasteiger partial charge in [-0.05, 0) is 48.9 Å². The van der Waals surface area contributed by atoms with E-state index in [4.69, 9.17) is 4.74 Å². The Morgan fingerprint density at radius 2 is 1.83 bits per heavy atom. The molecule has 0 fully saturated rings. The van der Waals surface area contributed by atoms with Gasteiger partial charge < -0.3 is 14.6 Å². The summed E-state index contributed by atoms with van der Waals surface area (Å²) < 4.78 is 20.1. The third kappa shape index (κ3) is 6.24. The van der Waals surface area contributed by atoms with E-state index >= 15 is 0 Å². The first-order chi connectivity index (χ1) is 14.6. The molecule has 0 atom stereocenters. The molecule has 0 aliphatic rings. The largest absolute Gasteiger partial charge is 0.497 e. The Hall–Kier alpha value is -2.52. The van der Waals surface area contributed by atoms with Crippen molar-refractivity contribution in [1.29, 1.82) is 0 Å². The molecule has 1 aromatic heterocycles. The van der Waals surface area contributed by atoms with Crippen LogP contribution < -0.4 is 10.1 Å². The van der Waals surface area contributed by atoms with E-state index in [0.29, 0.717) is 5.75 Å². The maximum absolute atomic E-state index is 13.0. The summed E-state index contributed by atoms with van der Waals surface area (Å²) in [5.74, 6) is 2.97.